The number of amides is 1. The van der Waals surface area contributed by atoms with Crippen molar-refractivity contribution >= 4 is 5.91 Å². The van der Waals surface area contributed by atoms with Crippen molar-refractivity contribution in [3.63, 3.8) is 0 Å². The van der Waals surface area contributed by atoms with Crippen LogP contribution in [0.4, 0.5) is 0 Å². The van der Waals surface area contributed by atoms with Crippen LogP contribution in [0.25, 0.3) is 0 Å². The van der Waals surface area contributed by atoms with E-state index >= 15 is 0 Å². The highest BCUT2D eigenvalue weighted by atomic mass is 16.5. The molecule has 0 radical (unpaired) electrons. The van der Waals surface area contributed by atoms with Crippen molar-refractivity contribution in [2.75, 3.05) is 26.7 Å². The largest absolute Gasteiger partial charge is 0.375 e. The second-order valence-corrected chi connectivity index (χ2v) is 6.95. The first-order valence-corrected chi connectivity index (χ1v) is 9.25. The Balaban J connectivity index is 1.66. The second kappa shape index (κ2) is 8.49. The smallest absolute Gasteiger partial charge is 0.346 e. The summed E-state index contributed by atoms with van der Waals surface area (Å²) in [7, 11) is 2.00. The van der Waals surface area contributed by atoms with Gasteiger partial charge < -0.3 is 15.0 Å². The van der Waals surface area contributed by atoms with Crippen LogP contribution in [0, 0.1) is 6.92 Å². The molecule has 0 bridgehead atoms. The van der Waals surface area contributed by atoms with Gasteiger partial charge in [0.05, 0.1) is 18.7 Å². The van der Waals surface area contributed by atoms with Gasteiger partial charge in [0.2, 0.25) is 5.91 Å². The molecule has 1 aromatic carbocycles. The first-order valence-electron chi connectivity index (χ1n) is 9.25. The number of rotatable bonds is 7. The maximum atomic E-state index is 12.6. The summed E-state index contributed by atoms with van der Waals surface area (Å²) < 4.78 is 8.51. The molecule has 1 amide bonds. The van der Waals surface area contributed by atoms with Gasteiger partial charge in [-0.05, 0) is 26.5 Å². The average Bonchev–Trinajstić information content (AvgIpc) is 3.10. The summed E-state index contributed by atoms with van der Waals surface area (Å²) in [5, 5.41) is 7.24. The van der Waals surface area contributed by atoms with Crippen LogP contribution >= 0.6 is 0 Å². The molecule has 8 heteroatoms. The quantitative estimate of drug-likeness (QED) is 0.752. The van der Waals surface area contributed by atoms with Crippen molar-refractivity contribution in [1.29, 1.82) is 0 Å². The second-order valence-electron chi connectivity index (χ2n) is 6.95. The molecule has 0 spiro atoms. The Morgan fingerprint density at radius 3 is 2.74 bits per heavy atom. The molecule has 0 unspecified atom stereocenters. The Morgan fingerprint density at radius 2 is 2.04 bits per heavy atom. The Kier molecular flexibility index (Phi) is 6.08. The van der Waals surface area contributed by atoms with Crippen LogP contribution < -0.4 is 11.0 Å². The molecule has 1 saturated heterocycles. The average molecular weight is 373 g/mol. The minimum absolute atomic E-state index is 0.0296. The number of aromatic nitrogens is 3. The van der Waals surface area contributed by atoms with Crippen LogP contribution in [-0.2, 0) is 22.6 Å². The zero-order valence-corrected chi connectivity index (χ0v) is 16.1. The van der Waals surface area contributed by atoms with E-state index in [2.05, 4.69) is 15.3 Å². The number of hydrogen-bond donors (Lipinski definition) is 1. The summed E-state index contributed by atoms with van der Waals surface area (Å²) in [5.74, 6) is 0.357. The fraction of sp³-hybridized carbons (Fsp3) is 0.526. The predicted octanol–water partition coefficient (Wildman–Crippen LogP) is 0.237. The van der Waals surface area contributed by atoms with E-state index in [0.717, 1.165) is 18.7 Å². The highest BCUT2D eigenvalue weighted by molar-refractivity contribution is 5.76. The van der Waals surface area contributed by atoms with Gasteiger partial charge in [0, 0.05) is 19.7 Å². The number of nitrogens with one attached hydrogen (secondary N) is 1. The van der Waals surface area contributed by atoms with Gasteiger partial charge in [0.25, 0.3) is 0 Å². The van der Waals surface area contributed by atoms with Crippen molar-refractivity contribution < 1.29 is 9.53 Å². The molecule has 2 atom stereocenters. The van der Waals surface area contributed by atoms with E-state index in [1.54, 1.807) is 11.5 Å². The molecule has 1 aromatic heterocycles. The van der Waals surface area contributed by atoms with Crippen LogP contribution in [0.5, 0.6) is 0 Å². The van der Waals surface area contributed by atoms with Crippen LogP contribution in [-0.4, -0.2) is 64.0 Å². The SMILES string of the molecule is CCO[C@@H]1CN(C)C[C@H]1NC(=O)Cn1nc(C)n(Cc2ccccc2)c1=O. The fourth-order valence-electron chi connectivity index (χ4n) is 3.47. The topological polar surface area (TPSA) is 81.4 Å². The predicted molar refractivity (Wildman–Crippen MR) is 102 cm³/mol. The summed E-state index contributed by atoms with van der Waals surface area (Å²) >= 11 is 0. The monoisotopic (exact) mass is 373 g/mol. The molecular formula is C19H27N5O3. The van der Waals surface area contributed by atoms with Crippen molar-refractivity contribution in [3.05, 3.63) is 52.2 Å². The summed E-state index contributed by atoms with van der Waals surface area (Å²) in [5.41, 5.74) is 0.733. The van der Waals surface area contributed by atoms with Crippen molar-refractivity contribution in [1.82, 2.24) is 24.6 Å². The summed E-state index contributed by atoms with van der Waals surface area (Å²) in [6.07, 6.45) is -0.0296. The molecule has 3 rings (SSSR count). The lowest BCUT2D eigenvalue weighted by Crippen LogP contribution is -2.46. The number of nitrogens with zero attached hydrogens (tertiary/aromatic N) is 4. The summed E-state index contributed by atoms with van der Waals surface area (Å²) in [6, 6.07) is 9.64. The van der Waals surface area contributed by atoms with Crippen LogP contribution in [0.15, 0.2) is 35.1 Å². The van der Waals surface area contributed by atoms with E-state index in [1.807, 2.05) is 44.3 Å². The van der Waals surface area contributed by atoms with Crippen LogP contribution in [0.2, 0.25) is 0 Å². The van der Waals surface area contributed by atoms with E-state index in [-0.39, 0.29) is 30.3 Å². The summed E-state index contributed by atoms with van der Waals surface area (Å²) in [4.78, 5) is 27.2. The molecule has 0 saturated carbocycles. The third-order valence-corrected chi connectivity index (χ3v) is 4.76. The van der Waals surface area contributed by atoms with Crippen LogP contribution in [0.1, 0.15) is 18.3 Å². The highest BCUT2D eigenvalue weighted by Gasteiger charge is 2.32. The highest BCUT2D eigenvalue weighted by Crippen LogP contribution is 2.12. The van der Waals surface area contributed by atoms with E-state index in [0.29, 0.717) is 19.0 Å². The zero-order valence-electron chi connectivity index (χ0n) is 16.1. The lowest BCUT2D eigenvalue weighted by Gasteiger charge is -2.19. The minimum Gasteiger partial charge on any atom is -0.375 e. The molecule has 1 fully saturated rings. The maximum absolute atomic E-state index is 12.6. The zero-order chi connectivity index (χ0) is 19.4. The number of aryl methyl sites for hydroxylation is 1. The van der Waals surface area contributed by atoms with Crippen molar-refractivity contribution in [3.8, 4) is 0 Å². The van der Waals surface area contributed by atoms with Gasteiger partial charge in [-0.25, -0.2) is 9.48 Å². The minimum atomic E-state index is -0.281. The van der Waals surface area contributed by atoms with E-state index in [4.69, 9.17) is 4.74 Å². The van der Waals surface area contributed by atoms with Gasteiger partial charge in [0.15, 0.2) is 0 Å². The van der Waals surface area contributed by atoms with Gasteiger partial charge in [-0.15, -0.1) is 0 Å². The van der Waals surface area contributed by atoms with Gasteiger partial charge in [-0.3, -0.25) is 9.36 Å². The van der Waals surface area contributed by atoms with Gasteiger partial charge in [0.1, 0.15) is 12.4 Å². The Morgan fingerprint density at radius 1 is 1.30 bits per heavy atom. The van der Waals surface area contributed by atoms with Gasteiger partial charge in [-0.1, -0.05) is 30.3 Å². The molecule has 8 nitrogen and oxygen atoms in total. The summed E-state index contributed by atoms with van der Waals surface area (Å²) in [6.45, 7) is 6.17. The third kappa shape index (κ3) is 4.64. The number of carbonyl (C=O) groups excluding carboxylic acids is 1. The van der Waals surface area contributed by atoms with E-state index < -0.39 is 0 Å². The standard InChI is InChI=1S/C19H27N5O3/c1-4-27-17-12-22(3)11-16(17)20-18(25)13-24-19(26)23(14(2)21-24)10-15-8-6-5-7-9-15/h5-9,16-17H,4,10-13H2,1-3H3,(H,20,25)/t16-,17-/m1/s1. The molecule has 27 heavy (non-hydrogen) atoms. The first-order chi connectivity index (χ1) is 13.0. The number of likely N-dealkylation sites (tertiary alicyclic amines) is 1. The lowest BCUT2D eigenvalue weighted by molar-refractivity contribution is -0.123. The van der Waals surface area contributed by atoms with E-state index in [1.165, 1.54) is 4.68 Å². The molecule has 1 aliphatic rings. The van der Waals surface area contributed by atoms with Crippen molar-refractivity contribution in [2.24, 2.45) is 0 Å². The number of ether oxygens (including phenoxy) is 1. The molecule has 146 valence electrons. The van der Waals surface area contributed by atoms with Crippen molar-refractivity contribution in [2.45, 2.75) is 39.1 Å². The van der Waals surface area contributed by atoms with Gasteiger partial charge in [-0.2, -0.15) is 5.10 Å². The Hall–Kier alpha value is -2.45. The molecular weight excluding hydrogens is 346 g/mol. The molecule has 1 aliphatic heterocycles. The third-order valence-electron chi connectivity index (χ3n) is 4.76. The molecule has 0 aliphatic carbocycles. The lowest BCUT2D eigenvalue weighted by atomic mass is 10.2. The number of likely N-dealkylation sites (N-methyl/N-ethyl adjacent to an activating group) is 1. The Labute approximate surface area is 158 Å². The molecule has 1 N–H and O–H groups in total. The number of carbonyl (C=O) groups is 1. The van der Waals surface area contributed by atoms with E-state index in [9.17, 15) is 9.59 Å². The first kappa shape index (κ1) is 19.3. The fourth-order valence-corrected chi connectivity index (χ4v) is 3.47. The Bertz CT molecular complexity index is 830. The maximum Gasteiger partial charge on any atom is 0.346 e. The number of benzene rings is 1. The molecule has 2 heterocycles. The molecule has 2 aromatic rings. The normalized spacial score (nSPS) is 20.1. The van der Waals surface area contributed by atoms with Gasteiger partial charge >= 0.3 is 5.69 Å². The van der Waals surface area contributed by atoms with Crippen LogP contribution in [0.3, 0.4) is 0 Å². The number of hydrogen-bond acceptors (Lipinski definition) is 5.